The van der Waals surface area contributed by atoms with E-state index in [9.17, 15) is 4.79 Å². The Morgan fingerprint density at radius 3 is 2.38 bits per heavy atom. The maximum Gasteiger partial charge on any atom is 0.337 e. The number of nitrogens with zero attached hydrogens (tertiary/aromatic N) is 1. The molecule has 144 valence electrons. The average molecular weight is 360 g/mol. The monoisotopic (exact) mass is 359 g/mol. The van der Waals surface area contributed by atoms with Crippen LogP contribution in [0.15, 0.2) is 24.3 Å². The summed E-state index contributed by atoms with van der Waals surface area (Å²) in [6, 6.07) is 9.00. The zero-order valence-electron chi connectivity index (χ0n) is 16.1. The van der Waals surface area contributed by atoms with Crippen LogP contribution in [0.4, 0.5) is 0 Å². The van der Waals surface area contributed by atoms with Crippen LogP contribution in [-0.4, -0.2) is 30.3 Å². The molecule has 3 rings (SSSR count). The summed E-state index contributed by atoms with van der Waals surface area (Å²) >= 11 is 0. The minimum Gasteiger partial charge on any atom is -0.467 e. The van der Waals surface area contributed by atoms with Crippen LogP contribution in [0.25, 0.3) is 0 Å². The fourth-order valence-electron chi connectivity index (χ4n) is 4.24. The van der Waals surface area contributed by atoms with Crippen LogP contribution in [-0.2, 0) is 27.3 Å². The lowest BCUT2D eigenvalue weighted by molar-refractivity contribution is -0.191. The molecule has 2 aliphatic heterocycles. The summed E-state index contributed by atoms with van der Waals surface area (Å²) in [4.78, 5) is 18.0. The van der Waals surface area contributed by atoms with Gasteiger partial charge < -0.3 is 4.74 Å². The number of methoxy groups -OCH3 is 1. The molecule has 4 nitrogen and oxygen atoms in total. The zero-order valence-corrected chi connectivity index (χ0v) is 16.1. The van der Waals surface area contributed by atoms with Crippen molar-refractivity contribution in [1.82, 2.24) is 5.06 Å². The molecule has 1 aromatic rings. The Bertz CT molecular complexity index is 574. The van der Waals surface area contributed by atoms with E-state index in [1.165, 1.54) is 69.6 Å². The first-order chi connectivity index (χ1) is 12.8. The maximum absolute atomic E-state index is 12.0. The summed E-state index contributed by atoms with van der Waals surface area (Å²) in [6.45, 7) is 0.758. The number of aryl methyl sites for hydroxylation is 1. The van der Waals surface area contributed by atoms with Crippen molar-refractivity contribution in [2.45, 2.75) is 89.3 Å². The zero-order chi connectivity index (χ0) is 18.2. The third-order valence-electron chi connectivity index (χ3n) is 5.80. The third kappa shape index (κ3) is 5.31. The van der Waals surface area contributed by atoms with Crippen molar-refractivity contribution >= 4 is 5.97 Å². The van der Waals surface area contributed by atoms with E-state index in [1.807, 2.05) is 0 Å². The molecule has 2 aliphatic rings. The fourth-order valence-corrected chi connectivity index (χ4v) is 4.24. The van der Waals surface area contributed by atoms with Gasteiger partial charge in [0.1, 0.15) is 0 Å². The average Bonchev–Trinajstić information content (AvgIpc) is 3.05. The number of fused-ring (bicyclic) bond motifs is 2. The van der Waals surface area contributed by atoms with Gasteiger partial charge in [0.2, 0.25) is 0 Å². The number of hydrogen-bond acceptors (Lipinski definition) is 4. The highest BCUT2D eigenvalue weighted by Crippen LogP contribution is 2.29. The lowest BCUT2D eigenvalue weighted by Crippen LogP contribution is -2.29. The summed E-state index contributed by atoms with van der Waals surface area (Å²) in [5.74, 6) is -0.250. The maximum atomic E-state index is 12.0. The molecule has 26 heavy (non-hydrogen) atoms. The molecule has 1 aromatic carbocycles. The van der Waals surface area contributed by atoms with Crippen LogP contribution in [0.2, 0.25) is 0 Å². The fraction of sp³-hybridized carbons (Fsp3) is 0.682. The standard InChI is InChI=1S/C22H33NO3/c1-25-22(24)21-16-20-15-9-7-5-3-2-4-6-8-12-18-13-10-11-14-19(18)17-23(20)26-21/h10-11,13-14,20-21H,2-9,12,15-17H2,1H3/t20-,21+/m0/s1. The lowest BCUT2D eigenvalue weighted by Gasteiger charge is -2.24. The van der Waals surface area contributed by atoms with E-state index in [1.54, 1.807) is 0 Å². The van der Waals surface area contributed by atoms with Gasteiger partial charge in [-0.3, -0.25) is 4.84 Å². The lowest BCUT2D eigenvalue weighted by atomic mass is 10.00. The van der Waals surface area contributed by atoms with Crippen LogP contribution in [0.1, 0.15) is 75.3 Å². The molecule has 0 amide bonds. The molecule has 1 fully saturated rings. The summed E-state index contributed by atoms with van der Waals surface area (Å²) in [5.41, 5.74) is 2.75. The van der Waals surface area contributed by atoms with Crippen molar-refractivity contribution in [2.24, 2.45) is 0 Å². The van der Waals surface area contributed by atoms with Crippen LogP contribution in [0.3, 0.4) is 0 Å². The molecule has 2 heterocycles. The molecule has 0 radical (unpaired) electrons. The van der Waals surface area contributed by atoms with Gasteiger partial charge in [0, 0.05) is 19.0 Å². The Hall–Kier alpha value is -1.39. The van der Waals surface area contributed by atoms with Crippen LogP contribution in [0.5, 0.6) is 0 Å². The summed E-state index contributed by atoms with van der Waals surface area (Å²) in [6.07, 6.45) is 13.0. The van der Waals surface area contributed by atoms with Crippen LogP contribution in [0, 0.1) is 0 Å². The van der Waals surface area contributed by atoms with Gasteiger partial charge in [-0.25, -0.2) is 4.79 Å². The molecule has 2 atom stereocenters. The van der Waals surface area contributed by atoms with E-state index in [0.717, 1.165) is 25.8 Å². The SMILES string of the molecule is COC(=O)[C@H]1C[C@@H]2CCCCCCCCCCc3ccccc3CN2O1. The normalized spacial score (nSPS) is 26.2. The molecular formula is C22H33NO3. The number of hydrogen-bond donors (Lipinski definition) is 0. The number of carbonyl (C=O) groups excluding carboxylic acids is 1. The summed E-state index contributed by atoms with van der Waals surface area (Å²) < 4.78 is 4.92. The summed E-state index contributed by atoms with van der Waals surface area (Å²) in [5, 5.41) is 2.06. The summed E-state index contributed by atoms with van der Waals surface area (Å²) in [7, 11) is 1.44. The minimum atomic E-state index is -0.448. The van der Waals surface area contributed by atoms with Crippen molar-refractivity contribution in [1.29, 1.82) is 0 Å². The van der Waals surface area contributed by atoms with Crippen LogP contribution < -0.4 is 0 Å². The number of ether oxygens (including phenoxy) is 1. The second kappa shape index (κ2) is 10.1. The highest BCUT2D eigenvalue weighted by molar-refractivity contribution is 5.74. The second-order valence-electron chi connectivity index (χ2n) is 7.72. The first kappa shape index (κ1) is 19.4. The quantitative estimate of drug-likeness (QED) is 0.675. The molecule has 1 saturated heterocycles. The predicted octanol–water partition coefficient (Wildman–Crippen LogP) is 4.80. The Labute approximate surface area is 157 Å². The number of rotatable bonds is 1. The molecular weight excluding hydrogens is 326 g/mol. The van der Waals surface area contributed by atoms with Gasteiger partial charge >= 0.3 is 5.97 Å². The van der Waals surface area contributed by atoms with Crippen molar-refractivity contribution in [3.05, 3.63) is 35.4 Å². The van der Waals surface area contributed by atoms with E-state index in [-0.39, 0.29) is 5.97 Å². The Morgan fingerprint density at radius 2 is 1.65 bits per heavy atom. The van der Waals surface area contributed by atoms with E-state index in [0.29, 0.717) is 6.04 Å². The number of benzene rings is 1. The Morgan fingerprint density at radius 1 is 1.00 bits per heavy atom. The van der Waals surface area contributed by atoms with Crippen molar-refractivity contribution < 1.29 is 14.4 Å². The van der Waals surface area contributed by atoms with E-state index < -0.39 is 6.10 Å². The van der Waals surface area contributed by atoms with Gasteiger partial charge in [-0.1, -0.05) is 69.2 Å². The van der Waals surface area contributed by atoms with Crippen molar-refractivity contribution in [3.63, 3.8) is 0 Å². The topological polar surface area (TPSA) is 38.8 Å². The number of hydroxylamine groups is 2. The molecule has 0 N–H and O–H groups in total. The minimum absolute atomic E-state index is 0.250. The van der Waals surface area contributed by atoms with Gasteiger partial charge in [0.15, 0.2) is 6.10 Å². The van der Waals surface area contributed by atoms with Gasteiger partial charge in [0.05, 0.1) is 7.11 Å². The van der Waals surface area contributed by atoms with Gasteiger partial charge in [-0.2, -0.15) is 5.06 Å². The second-order valence-corrected chi connectivity index (χ2v) is 7.72. The van der Waals surface area contributed by atoms with E-state index in [2.05, 4.69) is 29.3 Å². The largest absolute Gasteiger partial charge is 0.467 e. The molecule has 0 aromatic heterocycles. The highest BCUT2D eigenvalue weighted by atomic mass is 16.7. The van der Waals surface area contributed by atoms with Gasteiger partial charge in [-0.05, 0) is 30.4 Å². The van der Waals surface area contributed by atoms with E-state index >= 15 is 0 Å². The van der Waals surface area contributed by atoms with Crippen LogP contribution >= 0.6 is 0 Å². The van der Waals surface area contributed by atoms with Gasteiger partial charge in [-0.15, -0.1) is 0 Å². The van der Waals surface area contributed by atoms with Gasteiger partial charge in [0.25, 0.3) is 0 Å². The molecule has 0 aliphatic carbocycles. The molecule has 0 spiro atoms. The number of carbonyl (C=O) groups is 1. The first-order valence-corrected chi connectivity index (χ1v) is 10.4. The smallest absolute Gasteiger partial charge is 0.337 e. The Balaban J connectivity index is 1.74. The van der Waals surface area contributed by atoms with E-state index in [4.69, 9.17) is 9.57 Å². The molecule has 0 saturated carbocycles. The predicted molar refractivity (Wildman–Crippen MR) is 103 cm³/mol. The molecule has 0 bridgehead atoms. The van der Waals surface area contributed by atoms with Crippen molar-refractivity contribution in [3.8, 4) is 0 Å². The first-order valence-electron chi connectivity index (χ1n) is 10.4. The third-order valence-corrected chi connectivity index (χ3v) is 5.80. The molecule has 0 unspecified atom stereocenters. The Kier molecular flexibility index (Phi) is 7.51. The number of esters is 1. The van der Waals surface area contributed by atoms with Crippen molar-refractivity contribution in [2.75, 3.05) is 7.11 Å². The highest BCUT2D eigenvalue weighted by Gasteiger charge is 2.38. The molecule has 4 heteroatoms.